The predicted molar refractivity (Wildman–Crippen MR) is 116 cm³/mol. The summed E-state index contributed by atoms with van der Waals surface area (Å²) in [5.41, 5.74) is 1.37. The van der Waals surface area contributed by atoms with Crippen LogP contribution < -0.4 is 9.47 Å². The molecule has 1 fully saturated rings. The summed E-state index contributed by atoms with van der Waals surface area (Å²) >= 11 is 0. The molecule has 33 heavy (non-hydrogen) atoms. The van der Waals surface area contributed by atoms with Gasteiger partial charge in [-0.05, 0) is 68.7 Å². The molecule has 0 saturated heterocycles. The lowest BCUT2D eigenvalue weighted by molar-refractivity contribution is -0.140. The van der Waals surface area contributed by atoms with Gasteiger partial charge in [0.2, 0.25) is 0 Å². The number of benzene rings is 2. The predicted octanol–water partition coefficient (Wildman–Crippen LogP) is 5.77. The van der Waals surface area contributed by atoms with E-state index in [1.54, 1.807) is 26.0 Å². The molecule has 0 bridgehead atoms. The van der Waals surface area contributed by atoms with Crippen LogP contribution in [0.15, 0.2) is 42.5 Å². The number of carboxylic acid groups (broad SMARTS) is 1. The van der Waals surface area contributed by atoms with Crippen molar-refractivity contribution in [1.82, 2.24) is 4.57 Å². The van der Waals surface area contributed by atoms with Gasteiger partial charge in [-0.25, -0.2) is 0 Å². The quantitative estimate of drug-likeness (QED) is 0.508. The molecule has 5 rings (SSSR count). The van der Waals surface area contributed by atoms with E-state index in [0.29, 0.717) is 17.7 Å². The Kier molecular flexibility index (Phi) is 4.88. The highest BCUT2D eigenvalue weighted by atomic mass is 19.4. The van der Waals surface area contributed by atoms with Crippen LogP contribution in [0.2, 0.25) is 0 Å². The fraction of sp³-hybridized carbons (Fsp3) is 0.400. The van der Waals surface area contributed by atoms with Gasteiger partial charge in [0.15, 0.2) is 0 Å². The van der Waals surface area contributed by atoms with Crippen molar-refractivity contribution in [2.24, 2.45) is 5.92 Å². The van der Waals surface area contributed by atoms with Crippen molar-refractivity contribution >= 4 is 16.9 Å². The third kappa shape index (κ3) is 3.71. The van der Waals surface area contributed by atoms with Crippen LogP contribution in [0, 0.1) is 5.92 Å². The van der Waals surface area contributed by atoms with Gasteiger partial charge in [-0.3, -0.25) is 4.79 Å². The summed E-state index contributed by atoms with van der Waals surface area (Å²) in [7, 11) is 0. The van der Waals surface area contributed by atoms with Crippen molar-refractivity contribution in [3.63, 3.8) is 0 Å². The summed E-state index contributed by atoms with van der Waals surface area (Å²) in [4.78, 5) is 11.5. The molecule has 2 heterocycles. The Morgan fingerprint density at radius 2 is 2.00 bits per heavy atom. The second-order valence-electron chi connectivity index (χ2n) is 9.19. The summed E-state index contributed by atoms with van der Waals surface area (Å²) in [6.07, 6.45) is -3.39. The van der Waals surface area contributed by atoms with Crippen molar-refractivity contribution in [1.29, 1.82) is 0 Å². The first-order valence-corrected chi connectivity index (χ1v) is 10.9. The molecule has 2 aromatic carbocycles. The number of rotatable bonds is 6. The maximum Gasteiger partial charge on any atom is 0.419 e. The van der Waals surface area contributed by atoms with Crippen molar-refractivity contribution in [2.45, 2.75) is 57.5 Å². The molecule has 0 radical (unpaired) electrons. The van der Waals surface area contributed by atoms with E-state index in [-0.39, 0.29) is 29.8 Å². The highest BCUT2D eigenvalue weighted by Gasteiger charge is 2.62. The number of carbonyl (C=O) groups is 1. The summed E-state index contributed by atoms with van der Waals surface area (Å²) in [6.45, 7) is 4.12. The van der Waals surface area contributed by atoms with Gasteiger partial charge in [0.1, 0.15) is 18.1 Å². The van der Waals surface area contributed by atoms with Crippen LogP contribution in [0.4, 0.5) is 13.2 Å². The maximum absolute atomic E-state index is 13.5. The van der Waals surface area contributed by atoms with E-state index in [0.717, 1.165) is 35.6 Å². The van der Waals surface area contributed by atoms with Crippen LogP contribution in [0.25, 0.3) is 10.9 Å². The number of carboxylic acids is 1. The smallest absolute Gasteiger partial charge is 0.419 e. The molecule has 3 aromatic rings. The molecule has 2 aliphatic rings. The number of fused-ring (bicyclic) bond motifs is 4. The average molecular weight is 459 g/mol. The standard InChI is InChI=1S/C25H24F3NO4/c1-14(2)33-21-6-3-15(9-18(21)25(26,27)28)13-32-17-4-5-20-16(10-17)11-22-24(7-8-29(20)22)12-19(24)23(30)31/h3-6,9-11,14,19H,7-8,12-13H2,1-2H3,(H,30,31)/t19-,24?/m0/s1. The number of aryl methyl sites for hydroxylation is 1. The largest absolute Gasteiger partial charge is 0.490 e. The molecule has 1 saturated carbocycles. The summed E-state index contributed by atoms with van der Waals surface area (Å²) < 4.78 is 53.7. The number of alkyl halides is 3. The van der Waals surface area contributed by atoms with E-state index in [2.05, 4.69) is 4.57 Å². The minimum Gasteiger partial charge on any atom is -0.490 e. The fourth-order valence-corrected chi connectivity index (χ4v) is 5.03. The molecule has 1 unspecified atom stereocenters. The summed E-state index contributed by atoms with van der Waals surface area (Å²) in [5.74, 6) is -0.729. The van der Waals surface area contributed by atoms with E-state index in [1.807, 2.05) is 18.2 Å². The van der Waals surface area contributed by atoms with Crippen LogP contribution in [0.3, 0.4) is 0 Å². The van der Waals surface area contributed by atoms with E-state index in [1.165, 1.54) is 6.07 Å². The molecular formula is C25H24F3NO4. The van der Waals surface area contributed by atoms with Gasteiger partial charge in [0.05, 0.1) is 17.6 Å². The molecule has 1 aliphatic carbocycles. The number of hydrogen-bond donors (Lipinski definition) is 1. The Hall–Kier alpha value is -3.16. The molecule has 2 atom stereocenters. The van der Waals surface area contributed by atoms with Gasteiger partial charge >= 0.3 is 12.1 Å². The molecule has 0 amide bonds. The second kappa shape index (κ2) is 7.43. The molecule has 1 aromatic heterocycles. The Bertz CT molecular complexity index is 1250. The highest BCUT2D eigenvalue weighted by Crippen LogP contribution is 2.61. The van der Waals surface area contributed by atoms with Gasteiger partial charge in [-0.15, -0.1) is 0 Å². The van der Waals surface area contributed by atoms with E-state index in [4.69, 9.17) is 9.47 Å². The lowest BCUT2D eigenvalue weighted by Gasteiger charge is -2.17. The van der Waals surface area contributed by atoms with Gasteiger partial charge in [-0.1, -0.05) is 6.07 Å². The first-order chi connectivity index (χ1) is 15.6. The first-order valence-electron chi connectivity index (χ1n) is 10.9. The minimum absolute atomic E-state index is 0.0187. The van der Waals surface area contributed by atoms with E-state index >= 15 is 0 Å². The lowest BCUT2D eigenvalue weighted by atomic mass is 9.98. The van der Waals surface area contributed by atoms with Gasteiger partial charge in [0, 0.05) is 28.6 Å². The fourth-order valence-electron chi connectivity index (χ4n) is 5.03. The third-order valence-electron chi connectivity index (χ3n) is 6.66. The topological polar surface area (TPSA) is 60.7 Å². The zero-order valence-electron chi connectivity index (χ0n) is 18.3. The molecule has 8 heteroatoms. The number of aliphatic carboxylic acids is 1. The van der Waals surface area contributed by atoms with Gasteiger partial charge < -0.3 is 19.1 Å². The van der Waals surface area contributed by atoms with Gasteiger partial charge in [0.25, 0.3) is 0 Å². The highest BCUT2D eigenvalue weighted by molar-refractivity contribution is 5.86. The molecule has 5 nitrogen and oxygen atoms in total. The molecule has 174 valence electrons. The second-order valence-corrected chi connectivity index (χ2v) is 9.19. The zero-order chi connectivity index (χ0) is 23.5. The van der Waals surface area contributed by atoms with Crippen molar-refractivity contribution in [3.8, 4) is 11.5 Å². The van der Waals surface area contributed by atoms with Crippen molar-refractivity contribution in [2.75, 3.05) is 0 Å². The number of aromatic nitrogens is 1. The first kappa shape index (κ1) is 21.7. The summed E-state index contributed by atoms with van der Waals surface area (Å²) in [6, 6.07) is 11.6. The van der Waals surface area contributed by atoms with Crippen LogP contribution in [0.1, 0.15) is 43.5 Å². The van der Waals surface area contributed by atoms with Crippen LogP contribution in [-0.4, -0.2) is 21.7 Å². The van der Waals surface area contributed by atoms with Crippen molar-refractivity contribution < 1.29 is 32.5 Å². The van der Waals surface area contributed by atoms with Crippen LogP contribution in [-0.2, 0) is 29.5 Å². The Morgan fingerprint density at radius 1 is 1.21 bits per heavy atom. The minimum atomic E-state index is -4.53. The number of ether oxygens (including phenoxy) is 2. The maximum atomic E-state index is 13.5. The third-order valence-corrected chi connectivity index (χ3v) is 6.66. The monoisotopic (exact) mass is 459 g/mol. The zero-order valence-corrected chi connectivity index (χ0v) is 18.3. The Morgan fingerprint density at radius 3 is 2.67 bits per heavy atom. The average Bonchev–Trinajstić information content (AvgIpc) is 3.22. The molecule has 1 spiro atoms. The van der Waals surface area contributed by atoms with E-state index < -0.39 is 17.7 Å². The molecule has 1 aliphatic heterocycles. The molecule has 1 N–H and O–H groups in total. The number of halogens is 3. The van der Waals surface area contributed by atoms with Crippen LogP contribution >= 0.6 is 0 Å². The molecular weight excluding hydrogens is 435 g/mol. The lowest BCUT2D eigenvalue weighted by Crippen LogP contribution is -2.13. The Labute approximate surface area is 188 Å². The normalized spacial score (nSPS) is 21.6. The van der Waals surface area contributed by atoms with Crippen LogP contribution in [0.5, 0.6) is 11.5 Å². The Balaban J connectivity index is 1.36. The van der Waals surface area contributed by atoms with Crippen molar-refractivity contribution in [3.05, 3.63) is 59.3 Å². The van der Waals surface area contributed by atoms with E-state index in [9.17, 15) is 23.1 Å². The SMILES string of the molecule is CC(C)Oc1ccc(COc2ccc3c(c2)cc2n3CCC23C[C@H]3C(=O)O)cc1C(F)(F)F. The number of nitrogens with zero attached hydrogens (tertiary/aromatic N) is 1. The summed E-state index contributed by atoms with van der Waals surface area (Å²) in [5, 5.41) is 10.4. The number of hydrogen-bond acceptors (Lipinski definition) is 3. The van der Waals surface area contributed by atoms with Gasteiger partial charge in [-0.2, -0.15) is 13.2 Å².